The summed E-state index contributed by atoms with van der Waals surface area (Å²) < 4.78 is 48.9. The van der Waals surface area contributed by atoms with E-state index < -0.39 is 17.5 Å². The minimum atomic E-state index is -3.64. The first kappa shape index (κ1) is 25.3. The van der Waals surface area contributed by atoms with E-state index in [1.54, 1.807) is 6.07 Å². The minimum absolute atomic E-state index is 0.157. The highest BCUT2D eigenvalue weighted by Crippen LogP contribution is 2.39. The van der Waals surface area contributed by atoms with Crippen LogP contribution in [0.25, 0.3) is 0 Å². The molecule has 2 aliphatic rings. The van der Waals surface area contributed by atoms with Crippen molar-refractivity contribution in [3.8, 4) is 0 Å². The summed E-state index contributed by atoms with van der Waals surface area (Å²) in [6.45, 7) is 4.36. The van der Waals surface area contributed by atoms with Crippen LogP contribution in [-0.2, 0) is 17.3 Å². The van der Waals surface area contributed by atoms with E-state index in [0.29, 0.717) is 12.3 Å². The molecule has 0 aliphatic heterocycles. The van der Waals surface area contributed by atoms with Crippen LogP contribution in [0.15, 0.2) is 42.5 Å². The lowest BCUT2D eigenvalue weighted by molar-refractivity contribution is -0.249. The molecule has 2 saturated carbocycles. The van der Waals surface area contributed by atoms with Crippen LogP contribution in [0, 0.1) is 17.7 Å². The van der Waals surface area contributed by atoms with Gasteiger partial charge in [0.2, 0.25) is 0 Å². The van der Waals surface area contributed by atoms with E-state index in [2.05, 4.69) is 26.0 Å². The standard InChI is InChI=1S/C30H39F3O/c1-3-22-6-12-26(13-7-22)27-16-17-28(29(31)20-27)30(32,33)34-19-18-23-8-14-25(15-9-23)24-10-4-21(2)5-11-24/h8-9,14-17,20-22,24,26H,3-7,10-13,18-19H2,1-2H3/t21-,22-,24-,26-. The van der Waals surface area contributed by atoms with Crippen molar-refractivity contribution in [3.63, 3.8) is 0 Å². The molecule has 1 nitrogen and oxygen atoms in total. The summed E-state index contributed by atoms with van der Waals surface area (Å²) in [5.41, 5.74) is 2.47. The average Bonchev–Trinajstić information content (AvgIpc) is 2.85. The van der Waals surface area contributed by atoms with Crippen molar-refractivity contribution in [2.75, 3.05) is 6.61 Å². The number of benzene rings is 2. The van der Waals surface area contributed by atoms with Gasteiger partial charge >= 0.3 is 6.11 Å². The Labute approximate surface area is 203 Å². The summed E-state index contributed by atoms with van der Waals surface area (Å²) >= 11 is 0. The molecule has 0 N–H and O–H groups in total. The van der Waals surface area contributed by atoms with E-state index in [-0.39, 0.29) is 12.5 Å². The molecule has 4 rings (SSSR count). The maximum atomic E-state index is 14.7. The Kier molecular flexibility index (Phi) is 8.39. The van der Waals surface area contributed by atoms with Crippen molar-refractivity contribution in [1.29, 1.82) is 0 Å². The highest BCUT2D eigenvalue weighted by Gasteiger charge is 2.36. The van der Waals surface area contributed by atoms with Crippen molar-refractivity contribution in [3.05, 3.63) is 70.5 Å². The molecule has 0 aromatic heterocycles. The van der Waals surface area contributed by atoms with Crippen LogP contribution in [0.2, 0.25) is 0 Å². The third kappa shape index (κ3) is 6.24. The van der Waals surface area contributed by atoms with Crippen LogP contribution in [0.3, 0.4) is 0 Å². The molecule has 0 unspecified atom stereocenters. The molecule has 0 atom stereocenters. The van der Waals surface area contributed by atoms with Gasteiger partial charge < -0.3 is 4.74 Å². The largest absolute Gasteiger partial charge is 0.386 e. The highest BCUT2D eigenvalue weighted by molar-refractivity contribution is 5.29. The Morgan fingerprint density at radius 2 is 1.41 bits per heavy atom. The van der Waals surface area contributed by atoms with Crippen LogP contribution in [0.5, 0.6) is 0 Å². The van der Waals surface area contributed by atoms with E-state index in [0.717, 1.165) is 48.6 Å². The van der Waals surface area contributed by atoms with Gasteiger partial charge in [-0.05, 0) is 97.4 Å². The van der Waals surface area contributed by atoms with Gasteiger partial charge in [-0.3, -0.25) is 0 Å². The van der Waals surface area contributed by atoms with Crippen LogP contribution in [0.4, 0.5) is 13.2 Å². The topological polar surface area (TPSA) is 9.23 Å². The van der Waals surface area contributed by atoms with E-state index in [9.17, 15) is 13.2 Å². The third-order valence-electron chi connectivity index (χ3n) is 8.34. The van der Waals surface area contributed by atoms with Crippen LogP contribution in [-0.4, -0.2) is 6.61 Å². The number of ether oxygens (including phenoxy) is 1. The minimum Gasteiger partial charge on any atom is -0.316 e. The molecule has 2 aliphatic carbocycles. The summed E-state index contributed by atoms with van der Waals surface area (Å²) in [6, 6.07) is 12.5. The van der Waals surface area contributed by atoms with Crippen LogP contribution >= 0.6 is 0 Å². The first-order valence-corrected chi connectivity index (χ1v) is 13.3. The van der Waals surface area contributed by atoms with Gasteiger partial charge in [-0.2, -0.15) is 8.78 Å². The molecule has 4 heteroatoms. The molecule has 2 aromatic rings. The Morgan fingerprint density at radius 1 is 0.824 bits per heavy atom. The van der Waals surface area contributed by atoms with Gasteiger partial charge in [0.05, 0.1) is 12.2 Å². The lowest BCUT2D eigenvalue weighted by Gasteiger charge is -2.28. The fraction of sp³-hybridized carbons (Fsp3) is 0.600. The van der Waals surface area contributed by atoms with Gasteiger partial charge in [0.25, 0.3) is 0 Å². The Hall–Kier alpha value is -1.81. The van der Waals surface area contributed by atoms with E-state index >= 15 is 0 Å². The molecule has 0 saturated heterocycles. The molecular formula is C30H39F3O. The van der Waals surface area contributed by atoms with Crippen LogP contribution in [0.1, 0.15) is 106 Å². The summed E-state index contributed by atoms with van der Waals surface area (Å²) in [7, 11) is 0. The van der Waals surface area contributed by atoms with Gasteiger partial charge in [0.1, 0.15) is 5.82 Å². The smallest absolute Gasteiger partial charge is 0.316 e. The molecule has 0 radical (unpaired) electrons. The Bertz CT molecular complexity index is 907. The van der Waals surface area contributed by atoms with Gasteiger partial charge in [-0.1, -0.05) is 63.4 Å². The normalized spacial score (nSPS) is 25.9. The monoisotopic (exact) mass is 472 g/mol. The van der Waals surface area contributed by atoms with Gasteiger partial charge in [0.15, 0.2) is 0 Å². The summed E-state index contributed by atoms with van der Waals surface area (Å²) in [4.78, 5) is 0. The number of hydrogen-bond acceptors (Lipinski definition) is 1. The van der Waals surface area contributed by atoms with Crippen molar-refractivity contribution < 1.29 is 17.9 Å². The number of alkyl halides is 2. The fourth-order valence-corrected chi connectivity index (χ4v) is 5.85. The zero-order valence-electron chi connectivity index (χ0n) is 20.7. The molecular weight excluding hydrogens is 433 g/mol. The first-order chi connectivity index (χ1) is 16.4. The lowest BCUT2D eigenvalue weighted by atomic mass is 9.78. The quantitative estimate of drug-likeness (QED) is 0.372. The van der Waals surface area contributed by atoms with E-state index in [4.69, 9.17) is 4.74 Å². The number of halogens is 3. The maximum Gasteiger partial charge on any atom is 0.386 e. The SMILES string of the molecule is CC[C@H]1CC[C@H](c2ccc(C(F)(F)OCCc3ccc([C@H]4CC[C@H](C)CC4)cc3)c(F)c2)CC1. The van der Waals surface area contributed by atoms with Crippen molar-refractivity contribution >= 4 is 0 Å². The molecule has 0 spiro atoms. The molecule has 2 aromatic carbocycles. The Morgan fingerprint density at radius 3 is 2.03 bits per heavy atom. The fourth-order valence-electron chi connectivity index (χ4n) is 5.85. The zero-order chi connectivity index (χ0) is 24.1. The van der Waals surface area contributed by atoms with Crippen molar-refractivity contribution in [2.24, 2.45) is 11.8 Å². The van der Waals surface area contributed by atoms with Crippen molar-refractivity contribution in [1.82, 2.24) is 0 Å². The lowest BCUT2D eigenvalue weighted by Crippen LogP contribution is -2.22. The Balaban J connectivity index is 1.30. The molecule has 0 heterocycles. The summed E-state index contributed by atoms with van der Waals surface area (Å²) in [5.74, 6) is 1.56. The van der Waals surface area contributed by atoms with Crippen LogP contribution < -0.4 is 0 Å². The molecule has 0 amide bonds. The predicted molar refractivity (Wildman–Crippen MR) is 132 cm³/mol. The highest BCUT2D eigenvalue weighted by atomic mass is 19.3. The second-order valence-electron chi connectivity index (χ2n) is 10.7. The number of hydrogen-bond donors (Lipinski definition) is 0. The first-order valence-electron chi connectivity index (χ1n) is 13.3. The molecule has 186 valence electrons. The van der Waals surface area contributed by atoms with E-state index in [1.165, 1.54) is 49.8 Å². The van der Waals surface area contributed by atoms with Gasteiger partial charge in [-0.25, -0.2) is 4.39 Å². The number of rotatable bonds is 8. The maximum absolute atomic E-state index is 14.7. The second-order valence-corrected chi connectivity index (χ2v) is 10.7. The second kappa shape index (κ2) is 11.3. The summed E-state index contributed by atoms with van der Waals surface area (Å²) in [5, 5.41) is 0. The third-order valence-corrected chi connectivity index (χ3v) is 8.34. The average molecular weight is 473 g/mol. The van der Waals surface area contributed by atoms with Crippen molar-refractivity contribution in [2.45, 2.75) is 96.0 Å². The summed E-state index contributed by atoms with van der Waals surface area (Å²) in [6.07, 6.45) is 7.16. The predicted octanol–water partition coefficient (Wildman–Crippen LogP) is 9.11. The van der Waals surface area contributed by atoms with Gasteiger partial charge in [-0.15, -0.1) is 0 Å². The molecule has 34 heavy (non-hydrogen) atoms. The van der Waals surface area contributed by atoms with E-state index in [1.807, 2.05) is 12.1 Å². The zero-order valence-corrected chi connectivity index (χ0v) is 20.7. The molecule has 0 bridgehead atoms. The molecule has 2 fully saturated rings. The van der Waals surface area contributed by atoms with Gasteiger partial charge in [0, 0.05) is 0 Å².